The summed E-state index contributed by atoms with van der Waals surface area (Å²) in [5.41, 5.74) is 0. The van der Waals surface area contributed by atoms with Crippen LogP contribution < -0.4 is 5.32 Å². The van der Waals surface area contributed by atoms with E-state index in [0.29, 0.717) is 10.8 Å². The summed E-state index contributed by atoms with van der Waals surface area (Å²) in [4.78, 5) is 0. The summed E-state index contributed by atoms with van der Waals surface area (Å²) >= 11 is 2.10. The highest BCUT2D eigenvalue weighted by molar-refractivity contribution is 8.00. The van der Waals surface area contributed by atoms with Crippen molar-refractivity contribution in [1.29, 1.82) is 0 Å². The van der Waals surface area contributed by atoms with Gasteiger partial charge in [0.1, 0.15) is 5.76 Å². The van der Waals surface area contributed by atoms with Gasteiger partial charge in [0.2, 0.25) is 0 Å². The lowest BCUT2D eigenvalue weighted by Crippen LogP contribution is -2.35. The highest BCUT2D eigenvalue weighted by atomic mass is 32.2. The third kappa shape index (κ3) is 2.83. The Morgan fingerprint density at radius 2 is 2.50 bits per heavy atom. The largest absolute Gasteiger partial charge is 0.468 e. The number of furan rings is 1. The van der Waals surface area contributed by atoms with Crippen LogP contribution in [0, 0.1) is 0 Å². The molecule has 1 aliphatic rings. The van der Waals surface area contributed by atoms with Crippen LogP contribution in [0.5, 0.6) is 0 Å². The lowest BCUT2D eigenvalue weighted by Gasteiger charge is -2.26. The first-order chi connectivity index (χ1) is 7.73. The molecule has 2 unspecified atom stereocenters. The molecule has 1 aromatic rings. The van der Waals surface area contributed by atoms with Gasteiger partial charge >= 0.3 is 0 Å². The van der Waals surface area contributed by atoms with Crippen molar-refractivity contribution in [2.24, 2.45) is 0 Å². The van der Waals surface area contributed by atoms with E-state index in [1.54, 1.807) is 6.26 Å². The third-order valence-corrected chi connectivity index (χ3v) is 4.86. The lowest BCUT2D eigenvalue weighted by atomic mass is 10.0. The zero-order valence-corrected chi connectivity index (χ0v) is 11.0. The zero-order chi connectivity index (χ0) is 11.4. The molecule has 0 saturated carbocycles. The molecule has 2 nitrogen and oxygen atoms in total. The highest BCUT2D eigenvalue weighted by Gasteiger charge is 2.30. The van der Waals surface area contributed by atoms with E-state index in [4.69, 9.17) is 4.42 Å². The molecule has 2 heterocycles. The van der Waals surface area contributed by atoms with Crippen LogP contribution in [0.1, 0.15) is 44.9 Å². The van der Waals surface area contributed by atoms with Gasteiger partial charge in [-0.2, -0.15) is 11.8 Å². The number of rotatable bonds is 5. The zero-order valence-electron chi connectivity index (χ0n) is 10.2. The minimum absolute atomic E-state index is 0.369. The summed E-state index contributed by atoms with van der Waals surface area (Å²) in [6, 6.07) is 4.39. The summed E-state index contributed by atoms with van der Waals surface area (Å²) in [6.07, 6.45) is 5.53. The van der Waals surface area contributed by atoms with Gasteiger partial charge in [-0.1, -0.05) is 6.92 Å². The fourth-order valence-corrected chi connectivity index (χ4v) is 3.51. The Hall–Kier alpha value is -0.410. The summed E-state index contributed by atoms with van der Waals surface area (Å²) in [6.45, 7) is 5.65. The Morgan fingerprint density at radius 3 is 3.06 bits per heavy atom. The van der Waals surface area contributed by atoms with Crippen LogP contribution in [0.3, 0.4) is 0 Å². The lowest BCUT2D eigenvalue weighted by molar-refractivity contribution is 0.387. The molecule has 0 bridgehead atoms. The topological polar surface area (TPSA) is 25.2 Å². The van der Waals surface area contributed by atoms with Gasteiger partial charge in [0.05, 0.1) is 12.3 Å². The van der Waals surface area contributed by atoms with Gasteiger partial charge in [0.15, 0.2) is 0 Å². The van der Waals surface area contributed by atoms with Crippen molar-refractivity contribution >= 4 is 11.8 Å². The first kappa shape index (κ1) is 12.1. The molecule has 0 aliphatic carbocycles. The molecule has 0 amide bonds. The predicted octanol–water partition coefficient (Wildman–Crippen LogP) is 3.61. The van der Waals surface area contributed by atoms with Crippen LogP contribution in [0.15, 0.2) is 22.8 Å². The Labute approximate surface area is 102 Å². The van der Waals surface area contributed by atoms with E-state index in [-0.39, 0.29) is 0 Å². The standard InChI is InChI=1S/C13H21NOS/c1-3-11(12-6-4-8-15-12)14-10-13(2)7-5-9-16-13/h4,6,8,11,14H,3,5,7,9-10H2,1-2H3. The molecule has 1 N–H and O–H groups in total. The summed E-state index contributed by atoms with van der Waals surface area (Å²) in [5.74, 6) is 2.38. The summed E-state index contributed by atoms with van der Waals surface area (Å²) < 4.78 is 5.90. The van der Waals surface area contributed by atoms with Gasteiger partial charge in [-0.25, -0.2) is 0 Å². The molecule has 3 heteroatoms. The van der Waals surface area contributed by atoms with Gasteiger partial charge in [0, 0.05) is 11.3 Å². The van der Waals surface area contributed by atoms with Crippen molar-refractivity contribution in [2.75, 3.05) is 12.3 Å². The van der Waals surface area contributed by atoms with Crippen LogP contribution >= 0.6 is 11.8 Å². The molecule has 16 heavy (non-hydrogen) atoms. The maximum atomic E-state index is 5.47. The number of nitrogens with one attached hydrogen (secondary N) is 1. The van der Waals surface area contributed by atoms with Crippen molar-refractivity contribution in [3.63, 3.8) is 0 Å². The van der Waals surface area contributed by atoms with E-state index in [9.17, 15) is 0 Å². The van der Waals surface area contributed by atoms with Gasteiger partial charge < -0.3 is 9.73 Å². The minimum Gasteiger partial charge on any atom is -0.468 e. The van der Waals surface area contributed by atoms with Crippen LogP contribution in [0.4, 0.5) is 0 Å². The van der Waals surface area contributed by atoms with E-state index >= 15 is 0 Å². The molecule has 1 fully saturated rings. The Bertz CT molecular complexity index is 304. The van der Waals surface area contributed by atoms with Crippen molar-refractivity contribution in [1.82, 2.24) is 5.32 Å². The number of hydrogen-bond acceptors (Lipinski definition) is 3. The van der Waals surface area contributed by atoms with Gasteiger partial charge in [-0.3, -0.25) is 0 Å². The molecule has 0 aromatic carbocycles. The third-order valence-electron chi connectivity index (χ3n) is 3.32. The second-order valence-corrected chi connectivity index (χ2v) is 6.44. The number of thioether (sulfide) groups is 1. The second kappa shape index (κ2) is 5.28. The minimum atomic E-state index is 0.369. The fraction of sp³-hybridized carbons (Fsp3) is 0.692. The molecular weight excluding hydrogens is 218 g/mol. The van der Waals surface area contributed by atoms with Gasteiger partial charge in [0.25, 0.3) is 0 Å². The number of hydrogen-bond donors (Lipinski definition) is 1. The molecular formula is C13H21NOS. The first-order valence-electron chi connectivity index (χ1n) is 6.14. The second-order valence-electron chi connectivity index (χ2n) is 4.76. The highest BCUT2D eigenvalue weighted by Crippen LogP contribution is 2.37. The Morgan fingerprint density at radius 1 is 1.62 bits per heavy atom. The van der Waals surface area contributed by atoms with Crippen LogP contribution in [0.2, 0.25) is 0 Å². The van der Waals surface area contributed by atoms with E-state index in [1.165, 1.54) is 18.6 Å². The summed E-state index contributed by atoms with van der Waals surface area (Å²) in [5, 5.41) is 3.64. The molecule has 2 rings (SSSR count). The molecule has 1 aliphatic heterocycles. The average molecular weight is 239 g/mol. The average Bonchev–Trinajstić information content (AvgIpc) is 2.91. The fourth-order valence-electron chi connectivity index (χ4n) is 2.25. The molecule has 90 valence electrons. The Balaban J connectivity index is 1.88. The van der Waals surface area contributed by atoms with E-state index in [1.807, 2.05) is 6.07 Å². The SMILES string of the molecule is CCC(NCC1(C)CCCS1)c1ccco1. The molecule has 1 saturated heterocycles. The van der Waals surface area contributed by atoms with Crippen LogP contribution in [0.25, 0.3) is 0 Å². The maximum absolute atomic E-state index is 5.47. The molecule has 0 radical (unpaired) electrons. The normalized spacial score (nSPS) is 27.1. The van der Waals surface area contributed by atoms with Crippen molar-refractivity contribution in [2.45, 2.75) is 43.9 Å². The Kier molecular flexibility index (Phi) is 3.98. The van der Waals surface area contributed by atoms with E-state index < -0.39 is 0 Å². The monoisotopic (exact) mass is 239 g/mol. The van der Waals surface area contributed by atoms with E-state index in [0.717, 1.165) is 18.7 Å². The molecule has 0 spiro atoms. The van der Waals surface area contributed by atoms with Crippen molar-refractivity contribution in [3.05, 3.63) is 24.2 Å². The maximum Gasteiger partial charge on any atom is 0.120 e. The van der Waals surface area contributed by atoms with Crippen LogP contribution in [-0.4, -0.2) is 17.0 Å². The smallest absolute Gasteiger partial charge is 0.120 e. The molecule has 2 atom stereocenters. The summed E-state index contributed by atoms with van der Waals surface area (Å²) in [7, 11) is 0. The van der Waals surface area contributed by atoms with Crippen LogP contribution in [-0.2, 0) is 0 Å². The van der Waals surface area contributed by atoms with Crippen molar-refractivity contribution in [3.8, 4) is 0 Å². The van der Waals surface area contributed by atoms with Crippen molar-refractivity contribution < 1.29 is 4.42 Å². The van der Waals surface area contributed by atoms with E-state index in [2.05, 4.69) is 37.0 Å². The first-order valence-corrected chi connectivity index (χ1v) is 7.13. The predicted molar refractivity (Wildman–Crippen MR) is 69.8 cm³/mol. The quantitative estimate of drug-likeness (QED) is 0.850. The molecule has 1 aromatic heterocycles. The van der Waals surface area contributed by atoms with Gasteiger partial charge in [-0.15, -0.1) is 0 Å². The van der Waals surface area contributed by atoms with Gasteiger partial charge in [-0.05, 0) is 44.1 Å².